The van der Waals surface area contributed by atoms with E-state index in [1.807, 2.05) is 24.4 Å². The van der Waals surface area contributed by atoms with E-state index >= 15 is 0 Å². The van der Waals surface area contributed by atoms with Crippen LogP contribution in [0.5, 0.6) is 11.5 Å². The van der Waals surface area contributed by atoms with Gasteiger partial charge >= 0.3 is 0 Å². The molecule has 0 saturated carbocycles. The fraction of sp³-hybridized carbons (Fsp3) is 0.357. The molecular weight excluding hydrogens is 242 g/mol. The zero-order valence-electron chi connectivity index (χ0n) is 10.9. The maximum Gasteiger partial charge on any atom is 0.231 e. The van der Waals surface area contributed by atoms with Gasteiger partial charge in [0.25, 0.3) is 0 Å². The van der Waals surface area contributed by atoms with Crippen LogP contribution in [0.2, 0.25) is 0 Å². The third-order valence-electron chi connectivity index (χ3n) is 3.25. The first-order valence-corrected chi connectivity index (χ1v) is 6.45. The molecule has 1 aliphatic heterocycles. The molecule has 0 aliphatic carbocycles. The third-order valence-corrected chi connectivity index (χ3v) is 3.25. The van der Waals surface area contributed by atoms with Crippen LogP contribution in [0.3, 0.4) is 0 Å². The molecule has 2 N–H and O–H groups in total. The van der Waals surface area contributed by atoms with Crippen LogP contribution in [-0.4, -0.2) is 16.3 Å². The Balaban J connectivity index is 1.90. The monoisotopic (exact) mass is 259 g/mol. The Bertz CT molecular complexity index is 580. The third kappa shape index (κ3) is 2.17. The van der Waals surface area contributed by atoms with Crippen molar-refractivity contribution >= 4 is 0 Å². The molecule has 1 aromatic heterocycles. The lowest BCUT2D eigenvalue weighted by Gasteiger charge is -2.14. The highest BCUT2D eigenvalue weighted by molar-refractivity contribution is 5.46. The average molecular weight is 259 g/mol. The molecule has 1 aromatic carbocycles. The largest absolute Gasteiger partial charge is 0.454 e. The van der Waals surface area contributed by atoms with Crippen molar-refractivity contribution in [2.24, 2.45) is 5.73 Å². The summed E-state index contributed by atoms with van der Waals surface area (Å²) in [5.41, 5.74) is 7.29. The number of rotatable bonds is 4. The highest BCUT2D eigenvalue weighted by Gasteiger charge is 2.19. The van der Waals surface area contributed by atoms with Crippen LogP contribution >= 0.6 is 0 Å². The van der Waals surface area contributed by atoms with Crippen LogP contribution in [0, 0.1) is 0 Å². The van der Waals surface area contributed by atoms with Crippen LogP contribution < -0.4 is 15.2 Å². The van der Waals surface area contributed by atoms with E-state index in [0.29, 0.717) is 0 Å². The standard InChI is InChI=1S/C14H17N3O2/c1-2-6-17-7-5-16-14(17)13(15)10-3-4-11-12(8-10)19-9-18-11/h3-5,7-8,13H,2,6,9,15H2,1H3. The van der Waals surface area contributed by atoms with E-state index in [-0.39, 0.29) is 12.8 Å². The Kier molecular flexibility index (Phi) is 3.13. The number of fused-ring (bicyclic) bond motifs is 1. The zero-order chi connectivity index (χ0) is 13.2. The molecule has 2 heterocycles. The van der Waals surface area contributed by atoms with Crippen molar-refractivity contribution in [1.29, 1.82) is 0 Å². The predicted molar refractivity (Wildman–Crippen MR) is 71.1 cm³/mol. The number of benzene rings is 1. The van der Waals surface area contributed by atoms with Gasteiger partial charge in [-0.05, 0) is 24.1 Å². The SMILES string of the molecule is CCCn1ccnc1C(N)c1ccc2c(c1)OCO2. The molecule has 5 nitrogen and oxygen atoms in total. The molecule has 0 spiro atoms. The zero-order valence-corrected chi connectivity index (χ0v) is 10.9. The molecule has 0 amide bonds. The van der Waals surface area contributed by atoms with Crippen molar-refractivity contribution in [3.63, 3.8) is 0 Å². The summed E-state index contributed by atoms with van der Waals surface area (Å²) in [6, 6.07) is 5.53. The van der Waals surface area contributed by atoms with E-state index < -0.39 is 0 Å². The molecule has 1 atom stereocenters. The van der Waals surface area contributed by atoms with Crippen LogP contribution in [0.25, 0.3) is 0 Å². The molecule has 1 unspecified atom stereocenters. The fourth-order valence-corrected chi connectivity index (χ4v) is 2.29. The average Bonchev–Trinajstić information content (AvgIpc) is 3.05. The van der Waals surface area contributed by atoms with E-state index in [1.54, 1.807) is 6.20 Å². The lowest BCUT2D eigenvalue weighted by atomic mass is 10.1. The second kappa shape index (κ2) is 4.93. The molecule has 3 rings (SSSR count). The minimum atomic E-state index is -0.254. The van der Waals surface area contributed by atoms with Crippen LogP contribution in [0.4, 0.5) is 0 Å². The fourth-order valence-electron chi connectivity index (χ4n) is 2.29. The quantitative estimate of drug-likeness (QED) is 0.913. The van der Waals surface area contributed by atoms with Crippen molar-refractivity contribution in [3.8, 4) is 11.5 Å². The van der Waals surface area contributed by atoms with Crippen molar-refractivity contribution < 1.29 is 9.47 Å². The normalized spacial score (nSPS) is 14.6. The van der Waals surface area contributed by atoms with Gasteiger partial charge in [0.05, 0.1) is 6.04 Å². The van der Waals surface area contributed by atoms with Gasteiger partial charge in [0.2, 0.25) is 6.79 Å². The number of hydrogen-bond donors (Lipinski definition) is 1. The Morgan fingerprint density at radius 2 is 2.21 bits per heavy atom. The van der Waals surface area contributed by atoms with Gasteiger partial charge in [-0.3, -0.25) is 0 Å². The Hall–Kier alpha value is -2.01. The minimum absolute atomic E-state index is 0.254. The van der Waals surface area contributed by atoms with Gasteiger partial charge in [-0.2, -0.15) is 0 Å². The predicted octanol–water partition coefficient (Wildman–Crippen LogP) is 2.07. The van der Waals surface area contributed by atoms with Crippen molar-refractivity contribution in [2.45, 2.75) is 25.9 Å². The molecule has 0 saturated heterocycles. The van der Waals surface area contributed by atoms with E-state index in [9.17, 15) is 0 Å². The summed E-state index contributed by atoms with van der Waals surface area (Å²) in [6.45, 7) is 3.34. The van der Waals surface area contributed by atoms with E-state index in [0.717, 1.165) is 35.9 Å². The van der Waals surface area contributed by atoms with Crippen LogP contribution in [0.15, 0.2) is 30.6 Å². The number of imidazole rings is 1. The maximum atomic E-state index is 6.31. The van der Waals surface area contributed by atoms with Crippen molar-refractivity contribution in [2.75, 3.05) is 6.79 Å². The van der Waals surface area contributed by atoms with Gasteiger partial charge in [-0.15, -0.1) is 0 Å². The highest BCUT2D eigenvalue weighted by atomic mass is 16.7. The van der Waals surface area contributed by atoms with Gasteiger partial charge in [-0.1, -0.05) is 13.0 Å². The summed E-state index contributed by atoms with van der Waals surface area (Å²) in [5.74, 6) is 2.40. The van der Waals surface area contributed by atoms with Gasteiger partial charge in [0.15, 0.2) is 11.5 Å². The lowest BCUT2D eigenvalue weighted by Crippen LogP contribution is -2.17. The molecule has 100 valence electrons. The molecule has 0 fully saturated rings. The van der Waals surface area contributed by atoms with Crippen molar-refractivity contribution in [1.82, 2.24) is 9.55 Å². The van der Waals surface area contributed by atoms with Gasteiger partial charge < -0.3 is 19.8 Å². The first kappa shape index (κ1) is 12.0. The Morgan fingerprint density at radius 1 is 1.37 bits per heavy atom. The second-order valence-electron chi connectivity index (χ2n) is 4.57. The maximum absolute atomic E-state index is 6.31. The summed E-state index contributed by atoms with van der Waals surface area (Å²) in [4.78, 5) is 4.37. The summed E-state index contributed by atoms with van der Waals surface area (Å²) in [5, 5.41) is 0. The first-order chi connectivity index (χ1) is 9.29. The lowest BCUT2D eigenvalue weighted by molar-refractivity contribution is 0.174. The smallest absolute Gasteiger partial charge is 0.231 e. The number of hydrogen-bond acceptors (Lipinski definition) is 4. The van der Waals surface area contributed by atoms with Crippen LogP contribution in [-0.2, 0) is 6.54 Å². The molecule has 0 bridgehead atoms. The first-order valence-electron chi connectivity index (χ1n) is 6.45. The Labute approximate surface area is 112 Å². The van der Waals surface area contributed by atoms with Crippen molar-refractivity contribution in [3.05, 3.63) is 42.0 Å². The molecule has 2 aromatic rings. The van der Waals surface area contributed by atoms with Gasteiger partial charge in [0.1, 0.15) is 5.82 Å². The molecule has 19 heavy (non-hydrogen) atoms. The summed E-state index contributed by atoms with van der Waals surface area (Å²) in [7, 11) is 0. The number of aromatic nitrogens is 2. The van der Waals surface area contributed by atoms with E-state index in [4.69, 9.17) is 15.2 Å². The molecule has 5 heteroatoms. The van der Waals surface area contributed by atoms with E-state index in [1.165, 1.54) is 0 Å². The number of nitrogens with zero attached hydrogens (tertiary/aromatic N) is 2. The molecular formula is C14H17N3O2. The minimum Gasteiger partial charge on any atom is -0.454 e. The summed E-state index contributed by atoms with van der Waals surface area (Å²) in [6.07, 6.45) is 4.81. The van der Waals surface area contributed by atoms with Gasteiger partial charge in [0, 0.05) is 18.9 Å². The van der Waals surface area contributed by atoms with Crippen LogP contribution in [0.1, 0.15) is 30.8 Å². The molecule has 1 aliphatic rings. The Morgan fingerprint density at radius 3 is 3.05 bits per heavy atom. The molecule has 0 radical (unpaired) electrons. The summed E-state index contributed by atoms with van der Waals surface area (Å²) < 4.78 is 12.8. The van der Waals surface area contributed by atoms with E-state index in [2.05, 4.69) is 16.5 Å². The number of nitrogens with two attached hydrogens (primary N) is 1. The number of ether oxygens (including phenoxy) is 2. The topological polar surface area (TPSA) is 62.3 Å². The summed E-state index contributed by atoms with van der Waals surface area (Å²) >= 11 is 0. The highest BCUT2D eigenvalue weighted by Crippen LogP contribution is 2.34. The second-order valence-corrected chi connectivity index (χ2v) is 4.57. The van der Waals surface area contributed by atoms with Gasteiger partial charge in [-0.25, -0.2) is 4.98 Å². The number of aryl methyl sites for hydroxylation is 1.